The first-order valence-corrected chi connectivity index (χ1v) is 4.52. The summed E-state index contributed by atoms with van der Waals surface area (Å²) >= 11 is 6.98. The largest absolute Gasteiger partial charge is 0.310 e. The molecule has 0 unspecified atom stereocenters. The lowest BCUT2D eigenvalue weighted by atomic mass is 10.4. The van der Waals surface area contributed by atoms with Crippen molar-refractivity contribution < 1.29 is 0 Å². The molecular weight excluding hydrogens is 196 g/mol. The molecule has 0 fully saturated rings. The Bertz CT molecular complexity index is 488. The van der Waals surface area contributed by atoms with Crippen LogP contribution in [0, 0.1) is 6.92 Å². The van der Waals surface area contributed by atoms with Crippen molar-refractivity contribution in [2.75, 3.05) is 0 Å². The predicted octanol–water partition coefficient (Wildman–Crippen LogP) is 1.95. The quantitative estimate of drug-likeness (QED) is 0.707. The van der Waals surface area contributed by atoms with Crippen LogP contribution in [0.5, 0.6) is 0 Å². The van der Waals surface area contributed by atoms with E-state index in [4.69, 9.17) is 11.6 Å². The van der Waals surface area contributed by atoms with Crippen LogP contribution in [0.3, 0.4) is 0 Å². The fourth-order valence-corrected chi connectivity index (χ4v) is 2.08. The Morgan fingerprint density at radius 3 is 3.17 bits per heavy atom. The highest BCUT2D eigenvalue weighted by Gasteiger charge is 2.04. The number of hydrogen-bond donors (Lipinski definition) is 1. The molecule has 0 aliphatic rings. The second-order valence-corrected chi connectivity index (χ2v) is 4.10. The maximum Gasteiger partial charge on any atom is 0.268 e. The molecule has 12 heavy (non-hydrogen) atoms. The summed E-state index contributed by atoms with van der Waals surface area (Å²) in [5, 5.41) is 0. The molecule has 0 saturated heterocycles. The van der Waals surface area contributed by atoms with Crippen LogP contribution < -0.4 is 5.56 Å². The van der Waals surface area contributed by atoms with Crippen molar-refractivity contribution in [1.29, 1.82) is 0 Å². The minimum atomic E-state index is -0.116. The van der Waals surface area contributed by atoms with Gasteiger partial charge in [-0.25, -0.2) is 4.98 Å². The number of aryl methyl sites for hydroxylation is 1. The number of hydrogen-bond acceptors (Lipinski definition) is 3. The van der Waals surface area contributed by atoms with E-state index in [1.807, 2.05) is 0 Å². The fraction of sp³-hybridized carbons (Fsp3) is 0.143. The van der Waals surface area contributed by atoms with Crippen LogP contribution in [0.25, 0.3) is 10.2 Å². The molecule has 3 nitrogen and oxygen atoms in total. The zero-order valence-corrected chi connectivity index (χ0v) is 7.79. The third-order valence-electron chi connectivity index (χ3n) is 1.47. The Morgan fingerprint density at radius 2 is 2.42 bits per heavy atom. The van der Waals surface area contributed by atoms with E-state index in [0.29, 0.717) is 20.4 Å². The van der Waals surface area contributed by atoms with Gasteiger partial charge in [0.1, 0.15) is 10.5 Å². The van der Waals surface area contributed by atoms with Crippen molar-refractivity contribution in [2.45, 2.75) is 6.92 Å². The van der Waals surface area contributed by atoms with Crippen molar-refractivity contribution in [1.82, 2.24) is 9.97 Å². The van der Waals surface area contributed by atoms with E-state index < -0.39 is 0 Å². The number of halogens is 1. The summed E-state index contributed by atoms with van der Waals surface area (Å²) in [6.45, 7) is 1.74. The highest BCUT2D eigenvalue weighted by Crippen LogP contribution is 2.24. The van der Waals surface area contributed by atoms with Crippen LogP contribution in [-0.2, 0) is 0 Å². The Balaban J connectivity index is 2.98. The molecule has 0 aliphatic carbocycles. The molecule has 2 aromatic rings. The van der Waals surface area contributed by atoms with E-state index >= 15 is 0 Å². The number of aromatic amines is 1. The molecule has 1 N–H and O–H groups in total. The monoisotopic (exact) mass is 200 g/mol. The van der Waals surface area contributed by atoms with Gasteiger partial charge in [-0.15, -0.1) is 11.3 Å². The Labute approximate surface area is 77.0 Å². The van der Waals surface area contributed by atoms with Gasteiger partial charge in [0.2, 0.25) is 0 Å². The second kappa shape index (κ2) is 2.57. The number of rotatable bonds is 0. The zero-order chi connectivity index (χ0) is 8.72. The van der Waals surface area contributed by atoms with E-state index in [-0.39, 0.29) is 5.56 Å². The number of thiophene rings is 1. The third-order valence-corrected chi connectivity index (χ3v) is 2.72. The molecule has 0 bridgehead atoms. The first kappa shape index (κ1) is 7.76. The van der Waals surface area contributed by atoms with Crippen LogP contribution in [0.15, 0.2) is 10.9 Å². The normalized spacial score (nSPS) is 10.8. The van der Waals surface area contributed by atoms with Gasteiger partial charge in [0, 0.05) is 0 Å². The summed E-state index contributed by atoms with van der Waals surface area (Å²) < 4.78 is 1.18. The fourth-order valence-electron chi connectivity index (χ4n) is 1.03. The molecule has 62 valence electrons. The van der Waals surface area contributed by atoms with Gasteiger partial charge in [0.05, 0.1) is 9.85 Å². The highest BCUT2D eigenvalue weighted by atomic mass is 35.5. The van der Waals surface area contributed by atoms with E-state index in [0.717, 1.165) is 0 Å². The van der Waals surface area contributed by atoms with Crippen LogP contribution >= 0.6 is 22.9 Å². The summed E-state index contributed by atoms with van der Waals surface area (Å²) in [7, 11) is 0. The Hall–Kier alpha value is -0.870. The molecule has 0 amide bonds. The van der Waals surface area contributed by atoms with E-state index in [1.54, 1.807) is 13.0 Å². The molecule has 0 aliphatic heterocycles. The van der Waals surface area contributed by atoms with E-state index in [9.17, 15) is 4.79 Å². The van der Waals surface area contributed by atoms with Gasteiger partial charge >= 0.3 is 0 Å². The van der Waals surface area contributed by atoms with Crippen molar-refractivity contribution >= 4 is 33.2 Å². The molecule has 0 spiro atoms. The van der Waals surface area contributed by atoms with Crippen LogP contribution in [0.1, 0.15) is 5.82 Å². The van der Waals surface area contributed by atoms with Gasteiger partial charge < -0.3 is 4.98 Å². The molecule has 5 heteroatoms. The highest BCUT2D eigenvalue weighted by molar-refractivity contribution is 7.22. The molecule has 0 aromatic carbocycles. The molecule has 0 radical (unpaired) electrons. The number of H-pyrrole nitrogens is 1. The average molecular weight is 201 g/mol. The maximum absolute atomic E-state index is 11.3. The van der Waals surface area contributed by atoms with Crippen molar-refractivity contribution in [3.05, 3.63) is 26.6 Å². The lowest BCUT2D eigenvalue weighted by Crippen LogP contribution is -2.07. The minimum Gasteiger partial charge on any atom is -0.310 e. The zero-order valence-electron chi connectivity index (χ0n) is 6.22. The van der Waals surface area contributed by atoms with Crippen LogP contribution in [0.2, 0.25) is 4.34 Å². The SMILES string of the molecule is Cc1nc2cc(Cl)sc2c(=O)[nH]1. The number of aromatic nitrogens is 2. The van der Waals surface area contributed by atoms with Crippen molar-refractivity contribution in [2.24, 2.45) is 0 Å². The maximum atomic E-state index is 11.3. The summed E-state index contributed by atoms with van der Waals surface area (Å²) in [5.41, 5.74) is 0.556. The first-order valence-electron chi connectivity index (χ1n) is 3.33. The Morgan fingerprint density at radius 1 is 1.67 bits per heavy atom. The van der Waals surface area contributed by atoms with Gasteiger partial charge in [-0.1, -0.05) is 11.6 Å². The van der Waals surface area contributed by atoms with Crippen molar-refractivity contribution in [3.63, 3.8) is 0 Å². The minimum absolute atomic E-state index is 0.116. The molecule has 2 heterocycles. The Kier molecular flexibility index (Phi) is 1.66. The number of nitrogens with one attached hydrogen (secondary N) is 1. The summed E-state index contributed by atoms with van der Waals surface area (Å²) in [6.07, 6.45) is 0. The van der Waals surface area contributed by atoms with Gasteiger partial charge in [0.15, 0.2) is 0 Å². The predicted molar refractivity (Wildman–Crippen MR) is 50.0 cm³/mol. The molecule has 0 atom stereocenters. The molecule has 2 aromatic heterocycles. The standard InChI is InChI=1S/C7H5ClN2OS/c1-3-9-4-2-5(8)12-6(4)7(11)10-3/h2H,1H3,(H,9,10,11). The van der Waals surface area contributed by atoms with E-state index in [1.165, 1.54) is 11.3 Å². The van der Waals surface area contributed by atoms with Crippen LogP contribution in [-0.4, -0.2) is 9.97 Å². The van der Waals surface area contributed by atoms with Gasteiger partial charge in [0.25, 0.3) is 5.56 Å². The summed E-state index contributed by atoms with van der Waals surface area (Å²) in [6, 6.07) is 1.70. The lowest BCUT2D eigenvalue weighted by molar-refractivity contribution is 1.06. The number of nitrogens with zero attached hydrogens (tertiary/aromatic N) is 1. The first-order chi connectivity index (χ1) is 5.66. The van der Waals surface area contributed by atoms with Gasteiger partial charge in [-0.05, 0) is 13.0 Å². The molecular formula is C7H5ClN2OS. The average Bonchev–Trinajstić information content (AvgIpc) is 2.29. The number of fused-ring (bicyclic) bond motifs is 1. The topological polar surface area (TPSA) is 45.8 Å². The molecule has 0 saturated carbocycles. The second-order valence-electron chi connectivity index (χ2n) is 2.42. The lowest BCUT2D eigenvalue weighted by Gasteiger charge is -1.89. The van der Waals surface area contributed by atoms with Gasteiger partial charge in [-0.2, -0.15) is 0 Å². The van der Waals surface area contributed by atoms with E-state index in [2.05, 4.69) is 9.97 Å². The summed E-state index contributed by atoms with van der Waals surface area (Å²) in [4.78, 5) is 18.0. The molecule has 2 rings (SSSR count). The summed E-state index contributed by atoms with van der Waals surface area (Å²) in [5.74, 6) is 0.613. The van der Waals surface area contributed by atoms with Gasteiger partial charge in [-0.3, -0.25) is 4.79 Å². The van der Waals surface area contributed by atoms with Crippen LogP contribution in [0.4, 0.5) is 0 Å². The third kappa shape index (κ3) is 1.13. The van der Waals surface area contributed by atoms with Crippen molar-refractivity contribution in [3.8, 4) is 0 Å². The smallest absolute Gasteiger partial charge is 0.268 e.